The molecule has 0 aliphatic carbocycles. The molecule has 0 fully saturated rings. The van der Waals surface area contributed by atoms with Crippen LogP contribution in [0, 0.1) is 10.1 Å². The van der Waals surface area contributed by atoms with Gasteiger partial charge in [-0.2, -0.15) is 0 Å². The van der Waals surface area contributed by atoms with Gasteiger partial charge in [0.25, 0.3) is 5.69 Å². The first-order chi connectivity index (χ1) is 9.08. The predicted octanol–water partition coefficient (Wildman–Crippen LogP) is 3.82. The lowest BCUT2D eigenvalue weighted by molar-refractivity contribution is -0.384. The van der Waals surface area contributed by atoms with Crippen molar-refractivity contribution in [3.8, 4) is 0 Å². The third-order valence-electron chi connectivity index (χ3n) is 2.74. The first-order valence-corrected chi connectivity index (χ1v) is 6.06. The van der Waals surface area contributed by atoms with Gasteiger partial charge in [0.05, 0.1) is 15.6 Å². The lowest BCUT2D eigenvalue weighted by Gasteiger charge is -2.16. The zero-order valence-corrected chi connectivity index (χ0v) is 11.0. The molecule has 0 amide bonds. The molecule has 1 aromatic carbocycles. The standard InChI is InChI=1S/C13H12ClN3O2/c1-9(10-4-6-15-7-5-10)16-13-3-2-11(17(18)19)8-12(13)14/h2-9,16H,1H3/t9-/m1/s1. The Balaban J connectivity index is 2.18. The molecular weight excluding hydrogens is 266 g/mol. The molecule has 1 heterocycles. The number of nitro groups is 1. The van der Waals surface area contributed by atoms with Gasteiger partial charge in [0.1, 0.15) is 0 Å². The van der Waals surface area contributed by atoms with Gasteiger partial charge in [-0.3, -0.25) is 15.1 Å². The maximum Gasteiger partial charge on any atom is 0.271 e. The molecule has 1 atom stereocenters. The van der Waals surface area contributed by atoms with Gasteiger partial charge in [-0.05, 0) is 30.7 Å². The van der Waals surface area contributed by atoms with Crippen molar-refractivity contribution in [2.45, 2.75) is 13.0 Å². The van der Waals surface area contributed by atoms with Gasteiger partial charge in [-0.1, -0.05) is 11.6 Å². The van der Waals surface area contributed by atoms with Crippen LogP contribution in [-0.4, -0.2) is 9.91 Å². The summed E-state index contributed by atoms with van der Waals surface area (Å²) in [7, 11) is 0. The van der Waals surface area contributed by atoms with Crippen LogP contribution in [0.2, 0.25) is 5.02 Å². The number of nitrogens with one attached hydrogen (secondary N) is 1. The van der Waals surface area contributed by atoms with Crippen molar-refractivity contribution in [1.29, 1.82) is 0 Å². The van der Waals surface area contributed by atoms with E-state index in [0.717, 1.165) is 5.56 Å². The van der Waals surface area contributed by atoms with E-state index in [1.807, 2.05) is 19.1 Å². The highest BCUT2D eigenvalue weighted by Gasteiger charge is 2.11. The van der Waals surface area contributed by atoms with Gasteiger partial charge >= 0.3 is 0 Å². The van der Waals surface area contributed by atoms with Crippen molar-refractivity contribution < 1.29 is 4.92 Å². The van der Waals surface area contributed by atoms with E-state index in [4.69, 9.17) is 11.6 Å². The van der Waals surface area contributed by atoms with Crippen LogP contribution >= 0.6 is 11.6 Å². The van der Waals surface area contributed by atoms with Crippen LogP contribution in [0.1, 0.15) is 18.5 Å². The van der Waals surface area contributed by atoms with Gasteiger partial charge < -0.3 is 5.32 Å². The molecule has 1 aromatic heterocycles. The van der Waals surface area contributed by atoms with Crippen molar-refractivity contribution in [3.63, 3.8) is 0 Å². The summed E-state index contributed by atoms with van der Waals surface area (Å²) in [6.07, 6.45) is 3.43. The number of anilines is 1. The molecule has 5 nitrogen and oxygen atoms in total. The Morgan fingerprint density at radius 1 is 1.32 bits per heavy atom. The van der Waals surface area contributed by atoms with Crippen LogP contribution in [0.15, 0.2) is 42.7 Å². The highest BCUT2D eigenvalue weighted by molar-refractivity contribution is 6.33. The number of hydrogen-bond acceptors (Lipinski definition) is 4. The first-order valence-electron chi connectivity index (χ1n) is 5.68. The smallest absolute Gasteiger partial charge is 0.271 e. The van der Waals surface area contributed by atoms with E-state index in [2.05, 4.69) is 10.3 Å². The monoisotopic (exact) mass is 277 g/mol. The van der Waals surface area contributed by atoms with Crippen LogP contribution in [-0.2, 0) is 0 Å². The Morgan fingerprint density at radius 3 is 2.58 bits per heavy atom. The summed E-state index contributed by atoms with van der Waals surface area (Å²) in [6, 6.07) is 8.20. The molecule has 0 aliphatic heterocycles. The molecule has 0 unspecified atom stereocenters. The van der Waals surface area contributed by atoms with Crippen molar-refractivity contribution in [1.82, 2.24) is 4.98 Å². The summed E-state index contributed by atoms with van der Waals surface area (Å²) < 4.78 is 0. The van der Waals surface area contributed by atoms with Crippen LogP contribution < -0.4 is 5.32 Å². The molecule has 0 bridgehead atoms. The average Bonchev–Trinajstić information content (AvgIpc) is 2.41. The van der Waals surface area contributed by atoms with E-state index in [0.29, 0.717) is 10.7 Å². The number of hydrogen-bond donors (Lipinski definition) is 1. The van der Waals surface area contributed by atoms with E-state index in [9.17, 15) is 10.1 Å². The lowest BCUT2D eigenvalue weighted by Crippen LogP contribution is -2.07. The highest BCUT2D eigenvalue weighted by Crippen LogP contribution is 2.29. The van der Waals surface area contributed by atoms with Crippen LogP contribution in [0.4, 0.5) is 11.4 Å². The number of pyridine rings is 1. The van der Waals surface area contributed by atoms with Gasteiger partial charge in [0.15, 0.2) is 0 Å². The van der Waals surface area contributed by atoms with E-state index >= 15 is 0 Å². The minimum absolute atomic E-state index is 0.0212. The number of rotatable bonds is 4. The Morgan fingerprint density at radius 2 is 2.00 bits per heavy atom. The van der Waals surface area contributed by atoms with Gasteiger partial charge in [-0.15, -0.1) is 0 Å². The average molecular weight is 278 g/mol. The number of non-ortho nitro benzene ring substituents is 1. The van der Waals surface area contributed by atoms with Gasteiger partial charge in [0, 0.05) is 30.6 Å². The third kappa shape index (κ3) is 3.20. The molecule has 1 N–H and O–H groups in total. The van der Waals surface area contributed by atoms with Crippen molar-refractivity contribution in [2.75, 3.05) is 5.32 Å². The van der Waals surface area contributed by atoms with Gasteiger partial charge in [-0.25, -0.2) is 0 Å². The Bertz CT molecular complexity index is 590. The first kappa shape index (κ1) is 13.3. The summed E-state index contributed by atoms with van der Waals surface area (Å²) in [5, 5.41) is 14.2. The highest BCUT2D eigenvalue weighted by atomic mass is 35.5. The topological polar surface area (TPSA) is 68.1 Å². The molecule has 0 saturated carbocycles. The Hall–Kier alpha value is -2.14. The number of nitro benzene ring substituents is 1. The second-order valence-electron chi connectivity index (χ2n) is 4.07. The summed E-state index contributed by atoms with van der Waals surface area (Å²) in [5.41, 5.74) is 1.70. The SMILES string of the molecule is C[C@@H](Nc1ccc([N+](=O)[O-])cc1Cl)c1ccncc1. The minimum atomic E-state index is -0.470. The van der Waals surface area contributed by atoms with E-state index in [1.54, 1.807) is 18.5 Å². The maximum absolute atomic E-state index is 10.6. The van der Waals surface area contributed by atoms with E-state index < -0.39 is 4.92 Å². The molecule has 0 spiro atoms. The molecule has 6 heteroatoms. The molecular formula is C13H12ClN3O2. The third-order valence-corrected chi connectivity index (χ3v) is 3.05. The predicted molar refractivity (Wildman–Crippen MR) is 74.4 cm³/mol. The largest absolute Gasteiger partial charge is 0.377 e. The van der Waals surface area contributed by atoms with Gasteiger partial charge in [0.2, 0.25) is 0 Å². The molecule has 0 saturated heterocycles. The summed E-state index contributed by atoms with van der Waals surface area (Å²) in [6.45, 7) is 1.98. The summed E-state index contributed by atoms with van der Waals surface area (Å²) in [4.78, 5) is 14.1. The Kier molecular flexibility index (Phi) is 3.97. The fourth-order valence-electron chi connectivity index (χ4n) is 1.70. The second kappa shape index (κ2) is 5.67. The van der Waals surface area contributed by atoms with Crippen LogP contribution in [0.5, 0.6) is 0 Å². The molecule has 0 radical (unpaired) electrons. The molecule has 98 valence electrons. The maximum atomic E-state index is 10.6. The number of halogens is 1. The Labute approximate surface area is 115 Å². The molecule has 2 aromatic rings. The lowest BCUT2D eigenvalue weighted by atomic mass is 10.1. The zero-order valence-electron chi connectivity index (χ0n) is 10.2. The fraction of sp³-hybridized carbons (Fsp3) is 0.154. The van der Waals surface area contributed by atoms with Crippen LogP contribution in [0.25, 0.3) is 0 Å². The summed E-state index contributed by atoms with van der Waals surface area (Å²) >= 11 is 6.03. The number of nitrogens with zero attached hydrogens (tertiary/aromatic N) is 2. The number of benzene rings is 1. The normalized spacial score (nSPS) is 11.9. The van der Waals surface area contributed by atoms with E-state index in [1.165, 1.54) is 12.1 Å². The van der Waals surface area contributed by atoms with Crippen LogP contribution in [0.3, 0.4) is 0 Å². The number of aromatic nitrogens is 1. The van der Waals surface area contributed by atoms with E-state index in [-0.39, 0.29) is 11.7 Å². The zero-order chi connectivity index (χ0) is 13.8. The molecule has 2 rings (SSSR count). The quantitative estimate of drug-likeness (QED) is 0.681. The minimum Gasteiger partial charge on any atom is -0.377 e. The van der Waals surface area contributed by atoms with Crippen molar-refractivity contribution in [3.05, 3.63) is 63.4 Å². The second-order valence-corrected chi connectivity index (χ2v) is 4.48. The molecule has 0 aliphatic rings. The van der Waals surface area contributed by atoms with Crippen molar-refractivity contribution in [2.24, 2.45) is 0 Å². The fourth-order valence-corrected chi connectivity index (χ4v) is 1.93. The molecule has 19 heavy (non-hydrogen) atoms. The van der Waals surface area contributed by atoms with Crippen molar-refractivity contribution >= 4 is 23.0 Å². The summed E-state index contributed by atoms with van der Waals surface area (Å²) in [5.74, 6) is 0.